The molecule has 2 aromatic carbocycles. The van der Waals surface area contributed by atoms with Gasteiger partial charge in [0.05, 0.1) is 5.25 Å². The van der Waals surface area contributed by atoms with Crippen molar-refractivity contribution >= 4 is 24.2 Å². The summed E-state index contributed by atoms with van der Waals surface area (Å²) in [6, 6.07) is 17.6. The minimum Gasteiger partial charge on any atom is -0.375 e. The molecule has 0 aliphatic heterocycles. The van der Waals surface area contributed by atoms with Crippen LogP contribution in [0, 0.1) is 6.92 Å². The Bertz CT molecular complexity index is 912. The zero-order chi connectivity index (χ0) is 19.9. The molecule has 28 heavy (non-hydrogen) atoms. The van der Waals surface area contributed by atoms with Crippen molar-refractivity contribution in [2.75, 3.05) is 25.0 Å². The van der Waals surface area contributed by atoms with Gasteiger partial charge in [0.2, 0.25) is 0 Å². The number of thiol groups is 1. The van der Waals surface area contributed by atoms with E-state index in [0.29, 0.717) is 17.9 Å². The smallest absolute Gasteiger partial charge is 0.251 e. The summed E-state index contributed by atoms with van der Waals surface area (Å²) in [6.45, 7) is 3.33. The molecule has 0 saturated heterocycles. The fourth-order valence-corrected chi connectivity index (χ4v) is 3.19. The molecular weight excluding hydrogens is 370 g/mol. The number of carbonyl (C=O) groups is 1. The monoisotopic (exact) mass is 395 g/mol. The molecule has 0 fully saturated rings. The zero-order valence-corrected chi connectivity index (χ0v) is 17.0. The van der Waals surface area contributed by atoms with E-state index in [4.69, 9.17) is 0 Å². The number of anilines is 1. The van der Waals surface area contributed by atoms with Gasteiger partial charge in [-0.3, -0.25) is 9.89 Å². The predicted octanol–water partition coefficient (Wildman–Crippen LogP) is 3.39. The molecule has 7 heteroatoms. The van der Waals surface area contributed by atoms with Crippen LogP contribution in [0.1, 0.15) is 39.2 Å². The highest BCUT2D eigenvalue weighted by Crippen LogP contribution is 2.26. The molecule has 1 unspecified atom stereocenters. The molecule has 0 bridgehead atoms. The van der Waals surface area contributed by atoms with Crippen LogP contribution in [0.5, 0.6) is 0 Å². The van der Waals surface area contributed by atoms with Crippen LogP contribution in [-0.4, -0.2) is 41.2 Å². The minimum atomic E-state index is -0.280. The number of H-pyrrole nitrogens is 1. The molecule has 146 valence electrons. The molecule has 0 aliphatic rings. The first kappa shape index (κ1) is 19.9. The van der Waals surface area contributed by atoms with Crippen LogP contribution >= 0.6 is 12.6 Å². The fourth-order valence-electron chi connectivity index (χ4n) is 2.91. The standard InChI is InChI=1S/C21H25N5OS/c1-15-23-20(25-24-15)19(28)16-8-6-9-17(14-16)21(27)22-12-7-13-26(2)18-10-4-3-5-11-18/h3-6,8-11,14,19,28H,7,12-13H2,1-2H3,(H,22,27)(H,23,24,25). The van der Waals surface area contributed by atoms with Gasteiger partial charge in [-0.15, -0.1) is 0 Å². The lowest BCUT2D eigenvalue weighted by atomic mass is 10.1. The highest BCUT2D eigenvalue weighted by molar-refractivity contribution is 7.80. The van der Waals surface area contributed by atoms with E-state index in [1.807, 2.05) is 43.3 Å². The van der Waals surface area contributed by atoms with E-state index in [1.165, 1.54) is 5.69 Å². The van der Waals surface area contributed by atoms with Gasteiger partial charge < -0.3 is 10.2 Å². The Morgan fingerprint density at radius 1 is 1.21 bits per heavy atom. The van der Waals surface area contributed by atoms with Crippen LogP contribution in [0.4, 0.5) is 5.69 Å². The first-order chi connectivity index (χ1) is 13.5. The minimum absolute atomic E-state index is 0.0871. The molecule has 0 aliphatic carbocycles. The molecule has 1 atom stereocenters. The second kappa shape index (κ2) is 9.41. The van der Waals surface area contributed by atoms with Gasteiger partial charge in [-0.2, -0.15) is 17.7 Å². The summed E-state index contributed by atoms with van der Waals surface area (Å²) in [5.74, 6) is 1.25. The van der Waals surface area contributed by atoms with E-state index >= 15 is 0 Å². The van der Waals surface area contributed by atoms with E-state index in [-0.39, 0.29) is 11.2 Å². The van der Waals surface area contributed by atoms with E-state index < -0.39 is 0 Å². The lowest BCUT2D eigenvalue weighted by Crippen LogP contribution is -2.28. The average molecular weight is 396 g/mol. The SMILES string of the molecule is Cc1nc(C(S)c2cccc(C(=O)NCCCN(C)c3ccccc3)c2)n[nH]1. The molecule has 1 aromatic heterocycles. The number of rotatable bonds is 8. The maximum atomic E-state index is 12.5. The van der Waals surface area contributed by atoms with Crippen LogP contribution in [0.25, 0.3) is 0 Å². The predicted molar refractivity (Wildman–Crippen MR) is 115 cm³/mol. The lowest BCUT2D eigenvalue weighted by molar-refractivity contribution is 0.0953. The van der Waals surface area contributed by atoms with Gasteiger partial charge in [-0.25, -0.2) is 4.98 Å². The molecule has 1 amide bonds. The number of nitrogens with zero attached hydrogens (tertiary/aromatic N) is 3. The van der Waals surface area contributed by atoms with Crippen molar-refractivity contribution in [3.8, 4) is 0 Å². The van der Waals surface area contributed by atoms with Crippen LogP contribution in [0.2, 0.25) is 0 Å². The number of hydrogen-bond donors (Lipinski definition) is 3. The van der Waals surface area contributed by atoms with Gasteiger partial charge in [0, 0.05) is 31.4 Å². The number of aromatic amines is 1. The second-order valence-corrected chi connectivity index (χ2v) is 7.19. The van der Waals surface area contributed by atoms with Crippen molar-refractivity contribution < 1.29 is 4.79 Å². The quantitative estimate of drug-likeness (QED) is 0.404. The van der Waals surface area contributed by atoms with Crippen molar-refractivity contribution in [3.05, 3.63) is 77.4 Å². The third kappa shape index (κ3) is 5.13. The largest absolute Gasteiger partial charge is 0.375 e. The molecule has 3 rings (SSSR count). The first-order valence-electron chi connectivity index (χ1n) is 9.26. The zero-order valence-electron chi connectivity index (χ0n) is 16.1. The lowest BCUT2D eigenvalue weighted by Gasteiger charge is -2.19. The first-order valence-corrected chi connectivity index (χ1v) is 9.77. The third-order valence-electron chi connectivity index (χ3n) is 4.48. The summed E-state index contributed by atoms with van der Waals surface area (Å²) < 4.78 is 0. The summed E-state index contributed by atoms with van der Waals surface area (Å²) in [5, 5.41) is 9.68. The molecule has 1 heterocycles. The van der Waals surface area contributed by atoms with Gasteiger partial charge in [0.1, 0.15) is 5.82 Å². The Morgan fingerprint density at radius 3 is 2.71 bits per heavy atom. The molecular formula is C21H25N5OS. The van der Waals surface area contributed by atoms with E-state index in [9.17, 15) is 4.79 Å². The molecule has 2 N–H and O–H groups in total. The highest BCUT2D eigenvalue weighted by atomic mass is 32.1. The molecule has 0 spiro atoms. The highest BCUT2D eigenvalue weighted by Gasteiger charge is 2.16. The molecule has 6 nitrogen and oxygen atoms in total. The topological polar surface area (TPSA) is 73.9 Å². The number of para-hydroxylation sites is 1. The van der Waals surface area contributed by atoms with Crippen LogP contribution in [-0.2, 0) is 0 Å². The number of aryl methyl sites for hydroxylation is 1. The summed E-state index contributed by atoms with van der Waals surface area (Å²) in [6.07, 6.45) is 0.864. The van der Waals surface area contributed by atoms with Crippen LogP contribution in [0.15, 0.2) is 54.6 Å². The van der Waals surface area contributed by atoms with E-state index in [1.54, 1.807) is 6.07 Å². The van der Waals surface area contributed by atoms with Crippen molar-refractivity contribution in [1.29, 1.82) is 0 Å². The molecule has 3 aromatic rings. The van der Waals surface area contributed by atoms with Gasteiger partial charge in [-0.05, 0) is 43.2 Å². The van der Waals surface area contributed by atoms with Crippen molar-refractivity contribution in [3.63, 3.8) is 0 Å². The van der Waals surface area contributed by atoms with Crippen molar-refractivity contribution in [1.82, 2.24) is 20.5 Å². The third-order valence-corrected chi connectivity index (χ3v) is 5.01. The van der Waals surface area contributed by atoms with Crippen molar-refractivity contribution in [2.24, 2.45) is 0 Å². The van der Waals surface area contributed by atoms with E-state index in [0.717, 1.165) is 24.4 Å². The van der Waals surface area contributed by atoms with Gasteiger partial charge >= 0.3 is 0 Å². The summed E-state index contributed by atoms with van der Waals surface area (Å²) in [4.78, 5) is 19.0. The van der Waals surface area contributed by atoms with Gasteiger partial charge in [-0.1, -0.05) is 30.3 Å². The van der Waals surface area contributed by atoms with Crippen LogP contribution in [0.3, 0.4) is 0 Å². The molecule has 0 saturated carbocycles. The Hall–Kier alpha value is -2.80. The summed E-state index contributed by atoms with van der Waals surface area (Å²) in [5.41, 5.74) is 2.67. The Labute approximate surface area is 170 Å². The summed E-state index contributed by atoms with van der Waals surface area (Å²) in [7, 11) is 2.05. The van der Waals surface area contributed by atoms with Gasteiger partial charge in [0.15, 0.2) is 5.82 Å². The second-order valence-electron chi connectivity index (χ2n) is 6.67. The molecule has 0 radical (unpaired) electrons. The van der Waals surface area contributed by atoms with E-state index in [2.05, 4.69) is 57.2 Å². The average Bonchev–Trinajstić information content (AvgIpc) is 3.17. The summed E-state index contributed by atoms with van der Waals surface area (Å²) >= 11 is 4.60. The van der Waals surface area contributed by atoms with Crippen LogP contribution < -0.4 is 10.2 Å². The van der Waals surface area contributed by atoms with Crippen molar-refractivity contribution in [2.45, 2.75) is 18.6 Å². The number of carbonyl (C=O) groups excluding carboxylic acids is 1. The number of benzene rings is 2. The number of hydrogen-bond acceptors (Lipinski definition) is 5. The van der Waals surface area contributed by atoms with Gasteiger partial charge in [0.25, 0.3) is 5.91 Å². The Balaban J connectivity index is 1.52. The number of aromatic nitrogens is 3. The Kier molecular flexibility index (Phi) is 6.71. The maximum absolute atomic E-state index is 12.5. The normalized spacial score (nSPS) is 11.8. The Morgan fingerprint density at radius 2 is 2.00 bits per heavy atom. The fraction of sp³-hybridized carbons (Fsp3) is 0.286. The number of nitrogens with one attached hydrogen (secondary N) is 2. The maximum Gasteiger partial charge on any atom is 0.251 e. The number of amides is 1.